The van der Waals surface area contributed by atoms with Gasteiger partial charge in [-0.15, -0.1) is 0 Å². The van der Waals surface area contributed by atoms with Crippen LogP contribution >= 0.6 is 0 Å². The first-order chi connectivity index (χ1) is 9.20. The summed E-state index contributed by atoms with van der Waals surface area (Å²) < 4.78 is 22.7. The monoisotopic (exact) mass is 298 g/mol. The number of sulfonamides is 1. The molecule has 0 aliphatic rings. The molecule has 0 aliphatic carbocycles. The number of hydrogen-bond donors (Lipinski definition) is 2. The normalized spacial score (nSPS) is 11.7. The summed E-state index contributed by atoms with van der Waals surface area (Å²) in [6, 6.07) is 4.40. The largest absolute Gasteiger partial charge is 0.352 e. The number of primary sulfonamides is 1. The van der Waals surface area contributed by atoms with Crippen LogP contribution in [0.25, 0.3) is 0 Å². The minimum atomic E-state index is -3.80. The van der Waals surface area contributed by atoms with Crippen molar-refractivity contribution in [3.05, 3.63) is 29.3 Å². The fraction of sp³-hybridized carbons (Fsp3) is 0.500. The summed E-state index contributed by atoms with van der Waals surface area (Å²) in [6.07, 6.45) is 1.94. The summed E-state index contributed by atoms with van der Waals surface area (Å²) in [5.74, 6) is 0.321. The summed E-state index contributed by atoms with van der Waals surface area (Å²) in [6.45, 7) is 6.56. The van der Waals surface area contributed by atoms with E-state index in [1.54, 1.807) is 13.0 Å². The lowest BCUT2D eigenvalue weighted by Crippen LogP contribution is -2.25. The lowest BCUT2D eigenvalue weighted by molar-refractivity contribution is 0.0952. The van der Waals surface area contributed by atoms with Crippen LogP contribution in [-0.4, -0.2) is 20.9 Å². The van der Waals surface area contributed by atoms with Gasteiger partial charge in [-0.25, -0.2) is 13.6 Å². The third kappa shape index (κ3) is 5.30. The van der Waals surface area contributed by atoms with Crippen molar-refractivity contribution in [3.8, 4) is 0 Å². The molecule has 0 unspecified atom stereocenters. The average molecular weight is 298 g/mol. The summed E-state index contributed by atoms with van der Waals surface area (Å²) in [4.78, 5) is 11.9. The van der Waals surface area contributed by atoms with E-state index in [0.29, 0.717) is 23.6 Å². The predicted octanol–water partition coefficient (Wildman–Crippen LogP) is 1.81. The number of hydrogen-bond acceptors (Lipinski definition) is 3. The highest BCUT2D eigenvalue weighted by Gasteiger charge is 2.13. The Hall–Kier alpha value is -1.40. The van der Waals surface area contributed by atoms with Gasteiger partial charge in [-0.1, -0.05) is 13.8 Å². The van der Waals surface area contributed by atoms with Crippen LogP contribution < -0.4 is 10.5 Å². The molecule has 5 nitrogen and oxygen atoms in total. The van der Waals surface area contributed by atoms with Crippen molar-refractivity contribution in [2.24, 2.45) is 11.1 Å². The molecule has 3 N–H and O–H groups in total. The molecule has 0 heterocycles. The van der Waals surface area contributed by atoms with Gasteiger partial charge < -0.3 is 5.32 Å². The molecule has 1 amide bonds. The predicted molar refractivity (Wildman–Crippen MR) is 79.0 cm³/mol. The standard InChI is InChI=1S/C14H22N2O3S/c1-10(2)5-4-6-16-14(17)12-7-11(3)8-13(9-12)20(15,18)19/h7-10H,4-6H2,1-3H3,(H,16,17)(H2,15,18,19). The number of nitrogens with one attached hydrogen (secondary N) is 1. The van der Waals surface area contributed by atoms with Gasteiger partial charge in [0.05, 0.1) is 4.90 Å². The van der Waals surface area contributed by atoms with Crippen molar-refractivity contribution in [1.29, 1.82) is 0 Å². The van der Waals surface area contributed by atoms with Crippen LogP contribution in [0.15, 0.2) is 23.1 Å². The van der Waals surface area contributed by atoms with Gasteiger partial charge in [0.1, 0.15) is 0 Å². The Labute approximate surface area is 120 Å². The molecule has 0 saturated carbocycles. The van der Waals surface area contributed by atoms with Gasteiger partial charge in [0.15, 0.2) is 0 Å². The number of carbonyl (C=O) groups is 1. The number of benzene rings is 1. The third-order valence-corrected chi connectivity index (χ3v) is 3.78. The number of carbonyl (C=O) groups excluding carboxylic acids is 1. The van der Waals surface area contributed by atoms with Gasteiger partial charge in [0.2, 0.25) is 10.0 Å². The van der Waals surface area contributed by atoms with E-state index in [2.05, 4.69) is 19.2 Å². The first kappa shape index (κ1) is 16.7. The second-order valence-electron chi connectivity index (χ2n) is 5.37. The van der Waals surface area contributed by atoms with E-state index >= 15 is 0 Å². The molecule has 6 heteroatoms. The van der Waals surface area contributed by atoms with Gasteiger partial charge >= 0.3 is 0 Å². The van der Waals surface area contributed by atoms with Crippen molar-refractivity contribution in [2.75, 3.05) is 6.54 Å². The Morgan fingerprint density at radius 3 is 2.50 bits per heavy atom. The highest BCUT2D eigenvalue weighted by atomic mass is 32.2. The van der Waals surface area contributed by atoms with Crippen LogP contribution in [0.1, 0.15) is 42.6 Å². The van der Waals surface area contributed by atoms with Crippen LogP contribution in [0.4, 0.5) is 0 Å². The van der Waals surface area contributed by atoms with E-state index < -0.39 is 10.0 Å². The van der Waals surface area contributed by atoms with Gasteiger partial charge in [-0.05, 0) is 49.4 Å². The number of aryl methyl sites for hydroxylation is 1. The zero-order valence-corrected chi connectivity index (χ0v) is 13.0. The van der Waals surface area contributed by atoms with Crippen LogP contribution in [0, 0.1) is 12.8 Å². The van der Waals surface area contributed by atoms with Gasteiger partial charge in [0, 0.05) is 12.1 Å². The van der Waals surface area contributed by atoms with E-state index in [4.69, 9.17) is 5.14 Å². The molecular weight excluding hydrogens is 276 g/mol. The van der Waals surface area contributed by atoms with Crippen molar-refractivity contribution in [2.45, 2.75) is 38.5 Å². The Balaban J connectivity index is 2.76. The second-order valence-corrected chi connectivity index (χ2v) is 6.93. The zero-order chi connectivity index (χ0) is 15.3. The van der Waals surface area contributed by atoms with Gasteiger partial charge in [-0.3, -0.25) is 4.79 Å². The molecule has 0 spiro atoms. The minimum Gasteiger partial charge on any atom is -0.352 e. The van der Waals surface area contributed by atoms with Crippen LogP contribution in [0.2, 0.25) is 0 Å². The third-order valence-electron chi connectivity index (χ3n) is 2.89. The molecule has 1 rings (SSSR count). The first-order valence-corrected chi connectivity index (χ1v) is 8.17. The highest BCUT2D eigenvalue weighted by Crippen LogP contribution is 2.13. The first-order valence-electron chi connectivity index (χ1n) is 6.63. The quantitative estimate of drug-likeness (QED) is 0.785. The van der Waals surface area contributed by atoms with Crippen LogP contribution in [0.3, 0.4) is 0 Å². The molecule has 0 aromatic heterocycles. The Bertz CT molecular complexity index is 580. The van der Waals surface area contributed by atoms with Gasteiger partial charge in [-0.2, -0.15) is 0 Å². The molecule has 20 heavy (non-hydrogen) atoms. The van der Waals surface area contributed by atoms with E-state index in [9.17, 15) is 13.2 Å². The van der Waals surface area contributed by atoms with Crippen molar-refractivity contribution in [1.82, 2.24) is 5.32 Å². The molecule has 0 bridgehead atoms. The Morgan fingerprint density at radius 2 is 1.95 bits per heavy atom. The smallest absolute Gasteiger partial charge is 0.251 e. The molecule has 0 atom stereocenters. The summed E-state index contributed by atoms with van der Waals surface area (Å²) >= 11 is 0. The summed E-state index contributed by atoms with van der Waals surface area (Å²) in [7, 11) is -3.80. The fourth-order valence-electron chi connectivity index (χ4n) is 1.86. The maximum Gasteiger partial charge on any atom is 0.251 e. The van der Waals surface area contributed by atoms with Crippen molar-refractivity contribution in [3.63, 3.8) is 0 Å². The lowest BCUT2D eigenvalue weighted by atomic mass is 10.1. The molecule has 1 aromatic carbocycles. The number of amides is 1. The fourth-order valence-corrected chi connectivity index (χ4v) is 2.50. The topological polar surface area (TPSA) is 89.3 Å². The molecule has 0 aliphatic heterocycles. The Kier molecular flexibility index (Phi) is 5.71. The lowest BCUT2D eigenvalue weighted by Gasteiger charge is -2.09. The van der Waals surface area contributed by atoms with Gasteiger partial charge in [0.25, 0.3) is 5.91 Å². The molecule has 0 saturated heterocycles. The number of nitrogens with two attached hydrogens (primary N) is 1. The molecular formula is C14H22N2O3S. The maximum absolute atomic E-state index is 12.0. The highest BCUT2D eigenvalue weighted by molar-refractivity contribution is 7.89. The molecule has 1 aromatic rings. The van der Waals surface area contributed by atoms with E-state index in [1.807, 2.05) is 0 Å². The zero-order valence-electron chi connectivity index (χ0n) is 12.1. The van der Waals surface area contributed by atoms with Crippen molar-refractivity contribution < 1.29 is 13.2 Å². The van der Waals surface area contributed by atoms with Crippen LogP contribution in [0.5, 0.6) is 0 Å². The Morgan fingerprint density at radius 1 is 1.30 bits per heavy atom. The summed E-state index contributed by atoms with van der Waals surface area (Å²) in [5.41, 5.74) is 1.00. The maximum atomic E-state index is 12.0. The second kappa shape index (κ2) is 6.85. The van der Waals surface area contributed by atoms with Crippen molar-refractivity contribution >= 4 is 15.9 Å². The summed E-state index contributed by atoms with van der Waals surface area (Å²) in [5, 5.41) is 7.88. The van der Waals surface area contributed by atoms with E-state index in [0.717, 1.165) is 12.8 Å². The van der Waals surface area contributed by atoms with E-state index in [1.165, 1.54) is 12.1 Å². The van der Waals surface area contributed by atoms with Crippen LogP contribution in [-0.2, 0) is 10.0 Å². The number of rotatable bonds is 6. The minimum absolute atomic E-state index is 0.0372. The SMILES string of the molecule is Cc1cc(C(=O)NCCCC(C)C)cc(S(N)(=O)=O)c1. The van der Waals surface area contributed by atoms with E-state index in [-0.39, 0.29) is 10.8 Å². The molecule has 0 fully saturated rings. The average Bonchev–Trinajstić information content (AvgIpc) is 2.32. The molecule has 112 valence electrons. The molecule has 0 radical (unpaired) electrons.